The van der Waals surface area contributed by atoms with Gasteiger partial charge < -0.3 is 10.1 Å². The van der Waals surface area contributed by atoms with Crippen LogP contribution in [0, 0.1) is 13.8 Å². The van der Waals surface area contributed by atoms with Gasteiger partial charge in [0.1, 0.15) is 10.6 Å². The van der Waals surface area contributed by atoms with Crippen LogP contribution in [0.4, 0.5) is 0 Å². The Morgan fingerprint density at radius 1 is 1.16 bits per heavy atom. The number of benzene rings is 2. The molecule has 0 fully saturated rings. The number of hydrogen-bond donors (Lipinski definition) is 1. The van der Waals surface area contributed by atoms with E-state index in [4.69, 9.17) is 9.72 Å². The predicted molar refractivity (Wildman–Crippen MR) is 149 cm³/mol. The second-order valence-corrected chi connectivity index (χ2v) is 11.0. The third kappa shape index (κ3) is 4.14. The summed E-state index contributed by atoms with van der Waals surface area (Å²) in [5.41, 5.74) is 5.78. The monoisotopic (exact) mass is 513 g/mol. The second kappa shape index (κ2) is 9.43. The lowest BCUT2D eigenvalue weighted by Gasteiger charge is -2.23. The first-order valence-corrected chi connectivity index (χ1v) is 13.5. The highest BCUT2D eigenvalue weighted by Gasteiger charge is 2.26. The van der Waals surface area contributed by atoms with Crippen molar-refractivity contribution in [3.8, 4) is 5.75 Å². The van der Waals surface area contributed by atoms with Crippen LogP contribution < -0.4 is 15.6 Å². The molecule has 5 aromatic rings. The Balaban J connectivity index is 1.29. The average Bonchev–Trinajstić information content (AvgIpc) is 3.39. The normalized spacial score (nSPS) is 15.4. The third-order valence-electron chi connectivity index (χ3n) is 7.81. The van der Waals surface area contributed by atoms with Gasteiger partial charge in [-0.25, -0.2) is 4.98 Å². The molecule has 7 nitrogen and oxygen atoms in total. The summed E-state index contributed by atoms with van der Waals surface area (Å²) in [6.07, 6.45) is 4.50. The number of fused-ring (bicyclic) bond motifs is 4. The Morgan fingerprint density at radius 3 is 2.78 bits per heavy atom. The Kier molecular flexibility index (Phi) is 6.09. The van der Waals surface area contributed by atoms with Gasteiger partial charge in [-0.05, 0) is 55.5 Å². The molecule has 190 valence electrons. The van der Waals surface area contributed by atoms with E-state index in [1.165, 1.54) is 21.7 Å². The topological polar surface area (TPSA) is 74.0 Å². The molecule has 1 unspecified atom stereocenters. The van der Waals surface area contributed by atoms with Crippen LogP contribution in [0.2, 0.25) is 0 Å². The van der Waals surface area contributed by atoms with E-state index in [0.717, 1.165) is 63.8 Å². The molecule has 1 aliphatic rings. The predicted octanol–water partition coefficient (Wildman–Crippen LogP) is 4.67. The van der Waals surface area contributed by atoms with E-state index in [2.05, 4.69) is 42.5 Å². The van der Waals surface area contributed by atoms with E-state index < -0.39 is 0 Å². The average molecular weight is 514 g/mol. The molecule has 2 aromatic carbocycles. The van der Waals surface area contributed by atoms with E-state index in [-0.39, 0.29) is 5.56 Å². The summed E-state index contributed by atoms with van der Waals surface area (Å²) in [5, 5.41) is 11.3. The van der Waals surface area contributed by atoms with Gasteiger partial charge in [-0.2, -0.15) is 5.10 Å². The molecule has 3 aromatic heterocycles. The molecule has 0 aliphatic heterocycles. The van der Waals surface area contributed by atoms with Crippen LogP contribution in [0.3, 0.4) is 0 Å². The SMILES string of the molecule is COc1ccc2ccccc2c1Cn1cnc2sc3c(c2c1=O)CCC(NCc1c(C)nn(C)c1C)C3. The molecule has 6 rings (SSSR count). The van der Waals surface area contributed by atoms with Crippen molar-refractivity contribution in [1.29, 1.82) is 0 Å². The molecule has 0 amide bonds. The highest BCUT2D eigenvalue weighted by molar-refractivity contribution is 7.18. The number of methoxy groups -OCH3 is 1. The first-order chi connectivity index (χ1) is 17.9. The fourth-order valence-corrected chi connectivity index (χ4v) is 6.91. The summed E-state index contributed by atoms with van der Waals surface area (Å²) in [6, 6.07) is 12.6. The lowest BCUT2D eigenvalue weighted by molar-refractivity contribution is 0.409. The summed E-state index contributed by atoms with van der Waals surface area (Å²) in [5.74, 6) is 0.783. The van der Waals surface area contributed by atoms with Crippen LogP contribution in [-0.2, 0) is 33.0 Å². The first kappa shape index (κ1) is 23.9. The van der Waals surface area contributed by atoms with Crippen molar-refractivity contribution in [2.24, 2.45) is 7.05 Å². The summed E-state index contributed by atoms with van der Waals surface area (Å²) < 4.78 is 9.35. The van der Waals surface area contributed by atoms with Crippen LogP contribution >= 0.6 is 11.3 Å². The number of rotatable bonds is 6. The Hall–Kier alpha value is -3.49. The maximum atomic E-state index is 13.7. The number of nitrogens with zero attached hydrogens (tertiary/aromatic N) is 4. The minimum Gasteiger partial charge on any atom is -0.496 e. The van der Waals surface area contributed by atoms with Crippen molar-refractivity contribution < 1.29 is 4.74 Å². The van der Waals surface area contributed by atoms with Crippen molar-refractivity contribution >= 4 is 32.3 Å². The first-order valence-electron chi connectivity index (χ1n) is 12.7. The minimum absolute atomic E-state index is 0.0329. The number of aryl methyl sites for hydroxylation is 3. The molecule has 1 N–H and O–H groups in total. The Labute approximate surface area is 219 Å². The lowest BCUT2D eigenvalue weighted by atomic mass is 9.93. The Bertz CT molecular complexity index is 1700. The van der Waals surface area contributed by atoms with Gasteiger partial charge in [0, 0.05) is 41.3 Å². The van der Waals surface area contributed by atoms with Gasteiger partial charge in [-0.1, -0.05) is 30.3 Å². The van der Waals surface area contributed by atoms with E-state index in [0.29, 0.717) is 12.6 Å². The van der Waals surface area contributed by atoms with Gasteiger partial charge in [-0.15, -0.1) is 11.3 Å². The summed E-state index contributed by atoms with van der Waals surface area (Å²) in [6.45, 7) is 5.42. The molecule has 3 heterocycles. The van der Waals surface area contributed by atoms with E-state index in [9.17, 15) is 4.79 Å². The summed E-state index contributed by atoms with van der Waals surface area (Å²) in [7, 11) is 3.67. The molecule has 0 saturated carbocycles. The zero-order valence-corrected chi connectivity index (χ0v) is 22.5. The van der Waals surface area contributed by atoms with Crippen molar-refractivity contribution in [3.05, 3.63) is 86.0 Å². The fourth-order valence-electron chi connectivity index (χ4n) is 5.65. The summed E-state index contributed by atoms with van der Waals surface area (Å²) >= 11 is 1.67. The van der Waals surface area contributed by atoms with Crippen LogP contribution in [-0.4, -0.2) is 32.5 Å². The van der Waals surface area contributed by atoms with Crippen LogP contribution in [0.25, 0.3) is 21.0 Å². The molecular weight excluding hydrogens is 482 g/mol. The molecule has 0 saturated heterocycles. The van der Waals surface area contributed by atoms with Crippen molar-refractivity contribution in [2.45, 2.75) is 52.2 Å². The van der Waals surface area contributed by atoms with Gasteiger partial charge >= 0.3 is 0 Å². The highest BCUT2D eigenvalue weighted by Crippen LogP contribution is 2.34. The lowest BCUT2D eigenvalue weighted by Crippen LogP contribution is -2.34. The molecule has 0 bridgehead atoms. The maximum absolute atomic E-state index is 13.7. The van der Waals surface area contributed by atoms with Crippen molar-refractivity contribution in [2.75, 3.05) is 7.11 Å². The van der Waals surface area contributed by atoms with Gasteiger partial charge in [0.15, 0.2) is 0 Å². The van der Waals surface area contributed by atoms with Gasteiger partial charge in [0.25, 0.3) is 5.56 Å². The standard InChI is InChI=1S/C29H31N5O2S/c1-17-23(18(2)33(3)32-17)14-30-20-10-11-22-26(13-20)37-28-27(22)29(35)34(16-31-28)15-24-21-8-6-5-7-19(21)9-12-25(24)36-4/h5-9,12,16,20,30H,10-11,13-15H2,1-4H3. The van der Waals surface area contributed by atoms with Gasteiger partial charge in [-0.3, -0.25) is 14.0 Å². The number of thiophene rings is 1. The highest BCUT2D eigenvalue weighted by atomic mass is 32.1. The minimum atomic E-state index is 0.0329. The fraction of sp³-hybridized carbons (Fsp3) is 0.345. The number of nitrogens with one attached hydrogen (secondary N) is 1. The second-order valence-electron chi connectivity index (χ2n) is 9.92. The van der Waals surface area contributed by atoms with Crippen LogP contribution in [0.5, 0.6) is 5.75 Å². The number of hydrogen-bond acceptors (Lipinski definition) is 6. The van der Waals surface area contributed by atoms with Crippen molar-refractivity contribution in [1.82, 2.24) is 24.6 Å². The molecule has 0 radical (unpaired) electrons. The van der Waals surface area contributed by atoms with Gasteiger partial charge in [0.05, 0.1) is 31.1 Å². The summed E-state index contributed by atoms with van der Waals surface area (Å²) in [4.78, 5) is 20.6. The molecule has 37 heavy (non-hydrogen) atoms. The maximum Gasteiger partial charge on any atom is 0.262 e. The smallest absolute Gasteiger partial charge is 0.262 e. The molecular formula is C29H31N5O2S. The van der Waals surface area contributed by atoms with E-state index in [1.807, 2.05) is 29.9 Å². The van der Waals surface area contributed by atoms with E-state index >= 15 is 0 Å². The largest absolute Gasteiger partial charge is 0.496 e. The molecule has 1 atom stereocenters. The molecule has 1 aliphatic carbocycles. The van der Waals surface area contributed by atoms with Gasteiger partial charge in [0.2, 0.25) is 0 Å². The van der Waals surface area contributed by atoms with Crippen molar-refractivity contribution in [3.63, 3.8) is 0 Å². The zero-order valence-electron chi connectivity index (χ0n) is 21.7. The van der Waals surface area contributed by atoms with Crippen LogP contribution in [0.15, 0.2) is 47.5 Å². The van der Waals surface area contributed by atoms with Crippen LogP contribution in [0.1, 0.15) is 39.4 Å². The molecule has 0 spiro atoms. The Morgan fingerprint density at radius 2 is 2.00 bits per heavy atom. The molecule has 8 heteroatoms. The number of aromatic nitrogens is 4. The number of ether oxygens (including phenoxy) is 1. The van der Waals surface area contributed by atoms with E-state index in [1.54, 1.807) is 29.3 Å². The third-order valence-corrected chi connectivity index (χ3v) is 8.97. The quantitative estimate of drug-likeness (QED) is 0.357. The zero-order chi connectivity index (χ0) is 25.7.